The molecule has 12 nitrogen and oxygen atoms in total. The van der Waals surface area contributed by atoms with Crippen molar-refractivity contribution in [2.75, 3.05) is 0 Å². The Hall–Kier alpha value is -2.90. The molecule has 0 radical (unpaired) electrons. The number of hydrogen-bond acceptors (Lipinski definition) is 6. The van der Waals surface area contributed by atoms with Gasteiger partial charge in [-0.1, -0.05) is 0 Å². The molecule has 0 rings (SSSR count). The third-order valence-corrected chi connectivity index (χ3v) is 1.11. The number of carbonyl (C=O) groups is 6. The summed E-state index contributed by atoms with van der Waals surface area (Å²) >= 11 is 0. The van der Waals surface area contributed by atoms with Crippen molar-refractivity contribution in [3.8, 4) is 0 Å². The molecule has 0 atom stereocenters. The fourth-order valence-electron chi connectivity index (χ4n) is 0.428. The van der Waals surface area contributed by atoms with Crippen LogP contribution in [0, 0.1) is 0 Å². The molecule has 0 aromatic carbocycles. The van der Waals surface area contributed by atoms with Crippen LogP contribution in [0.2, 0.25) is 0 Å². The molecule has 26 heavy (non-hydrogen) atoms. The second kappa shape index (κ2) is 22.1. The van der Waals surface area contributed by atoms with Gasteiger partial charge in [0, 0.05) is 71.2 Å². The van der Waals surface area contributed by atoms with Crippen molar-refractivity contribution >= 4 is 35.8 Å². The molecule has 0 aliphatic carbocycles. The van der Waals surface area contributed by atoms with E-state index in [-0.39, 0.29) is 34.7 Å². The van der Waals surface area contributed by atoms with Gasteiger partial charge in [-0.2, -0.15) is 0 Å². The topological polar surface area (TPSA) is 224 Å². The summed E-state index contributed by atoms with van der Waals surface area (Å²) in [5.41, 5.74) is 0. The molecule has 6 N–H and O–H groups in total. The summed E-state index contributed by atoms with van der Waals surface area (Å²) in [5.74, 6) is -7.54. The largest absolute Gasteiger partial charge is 0.478 e. The van der Waals surface area contributed by atoms with Crippen molar-refractivity contribution in [3.05, 3.63) is 36.5 Å². The Morgan fingerprint density at radius 1 is 0.346 bits per heavy atom. The molecule has 0 aliphatic rings. The van der Waals surface area contributed by atoms with Crippen molar-refractivity contribution in [1.29, 1.82) is 0 Å². The van der Waals surface area contributed by atoms with Crippen LogP contribution in [0.4, 0.5) is 0 Å². The molecule has 0 fully saturated rings. The maximum absolute atomic E-state index is 9.55. The summed E-state index contributed by atoms with van der Waals surface area (Å²) < 4.78 is 0. The van der Waals surface area contributed by atoms with Crippen molar-refractivity contribution < 1.29 is 94.1 Å². The first-order chi connectivity index (χ1) is 10.9. The molecular weight excluding hydrogens is 440 g/mol. The van der Waals surface area contributed by atoms with Crippen LogP contribution in [0.5, 0.6) is 0 Å². The molecule has 0 aromatic heterocycles. The quantitative estimate of drug-likeness (QED) is 0.271. The van der Waals surface area contributed by atoms with Gasteiger partial charge in [-0.3, -0.25) is 0 Å². The van der Waals surface area contributed by atoms with Crippen molar-refractivity contribution in [3.63, 3.8) is 0 Å². The van der Waals surface area contributed by atoms with Crippen LogP contribution in [0.1, 0.15) is 0 Å². The van der Waals surface area contributed by atoms with Crippen LogP contribution < -0.4 is 0 Å². The number of carboxylic acid groups (broad SMARTS) is 6. The molecule has 0 heterocycles. The van der Waals surface area contributed by atoms with E-state index in [1.807, 2.05) is 0 Å². The molecule has 144 valence electrons. The number of hydrogen-bond donors (Lipinski definition) is 6. The maximum Gasteiger partial charge on any atom is 0.328 e. The standard InChI is InChI=1S/3C4H4O4.2Cr/c3*5-3(6)1-2-4(7)8;;/h3*1-2H,(H,5,6)(H,7,8);;/b3*2-1+;;. The van der Waals surface area contributed by atoms with E-state index in [9.17, 15) is 28.8 Å². The Balaban J connectivity index is -0.0000000817. The first kappa shape index (κ1) is 34.4. The Bertz CT molecular complexity index is 448. The predicted molar refractivity (Wildman–Crippen MR) is 73.2 cm³/mol. The second-order valence-corrected chi connectivity index (χ2v) is 3.03. The van der Waals surface area contributed by atoms with E-state index in [0.29, 0.717) is 36.5 Å². The Kier molecular flexibility index (Phi) is 29.3. The van der Waals surface area contributed by atoms with E-state index < -0.39 is 35.8 Å². The van der Waals surface area contributed by atoms with E-state index in [1.165, 1.54) is 0 Å². The maximum atomic E-state index is 9.55. The molecule has 0 bridgehead atoms. The zero-order valence-corrected chi connectivity index (χ0v) is 15.0. The minimum Gasteiger partial charge on any atom is -0.478 e. The summed E-state index contributed by atoms with van der Waals surface area (Å²) in [6, 6.07) is 0. The monoisotopic (exact) mass is 452 g/mol. The van der Waals surface area contributed by atoms with Gasteiger partial charge in [-0.15, -0.1) is 0 Å². The third-order valence-electron chi connectivity index (χ3n) is 1.11. The van der Waals surface area contributed by atoms with E-state index in [2.05, 4.69) is 0 Å². The zero-order valence-electron chi connectivity index (χ0n) is 12.4. The Morgan fingerprint density at radius 2 is 0.423 bits per heavy atom. The summed E-state index contributed by atoms with van der Waals surface area (Å²) in [6.45, 7) is 0. The van der Waals surface area contributed by atoms with Gasteiger partial charge < -0.3 is 30.6 Å². The van der Waals surface area contributed by atoms with Crippen LogP contribution in [-0.4, -0.2) is 66.5 Å². The fraction of sp³-hybridized carbons (Fsp3) is 0. The third kappa shape index (κ3) is 58.2. The molecule has 0 amide bonds. The SMILES string of the molecule is O=C(O)/C=C/C(=O)O.O=C(O)/C=C/C(=O)O.O=C(O)/C=C/C(=O)O.[Cr].[Cr]. The van der Waals surface area contributed by atoms with E-state index >= 15 is 0 Å². The average molecular weight is 452 g/mol. The summed E-state index contributed by atoms with van der Waals surface area (Å²) in [7, 11) is 0. The zero-order chi connectivity index (χ0) is 19.7. The van der Waals surface area contributed by atoms with Crippen molar-refractivity contribution in [2.24, 2.45) is 0 Å². The predicted octanol–water partition coefficient (Wildman–Crippen LogP) is -0.870. The second-order valence-electron chi connectivity index (χ2n) is 3.03. The molecule has 0 saturated carbocycles. The van der Waals surface area contributed by atoms with Gasteiger partial charge in [-0.25, -0.2) is 28.8 Å². The Labute approximate surface area is 166 Å². The van der Waals surface area contributed by atoms with Gasteiger partial charge in [0.05, 0.1) is 0 Å². The van der Waals surface area contributed by atoms with Gasteiger partial charge in [-0.05, 0) is 0 Å². The number of rotatable bonds is 6. The minimum atomic E-state index is -1.26. The van der Waals surface area contributed by atoms with E-state index in [4.69, 9.17) is 30.6 Å². The number of carboxylic acids is 6. The smallest absolute Gasteiger partial charge is 0.328 e. The van der Waals surface area contributed by atoms with Crippen LogP contribution in [0.15, 0.2) is 36.5 Å². The molecule has 0 aliphatic heterocycles. The normalized spacial score (nSPS) is 8.77. The molecule has 0 unspecified atom stereocenters. The summed E-state index contributed by atoms with van der Waals surface area (Å²) in [5, 5.41) is 46.9. The molecule has 0 saturated heterocycles. The van der Waals surface area contributed by atoms with Crippen LogP contribution >= 0.6 is 0 Å². The van der Waals surface area contributed by atoms with Crippen LogP contribution in [0.3, 0.4) is 0 Å². The van der Waals surface area contributed by atoms with Crippen LogP contribution in [0.25, 0.3) is 0 Å². The minimum absolute atomic E-state index is 0. The molecule has 0 spiro atoms. The first-order valence-corrected chi connectivity index (χ1v) is 5.30. The van der Waals surface area contributed by atoms with Gasteiger partial charge >= 0.3 is 35.8 Å². The average Bonchev–Trinajstić information content (AvgIpc) is 2.42. The number of aliphatic carboxylic acids is 6. The molecule has 0 aromatic rings. The Morgan fingerprint density at radius 3 is 0.462 bits per heavy atom. The fourth-order valence-corrected chi connectivity index (χ4v) is 0.428. The van der Waals surface area contributed by atoms with Crippen molar-refractivity contribution in [1.82, 2.24) is 0 Å². The van der Waals surface area contributed by atoms with E-state index in [0.717, 1.165) is 0 Å². The summed E-state index contributed by atoms with van der Waals surface area (Å²) in [4.78, 5) is 57.3. The molecular formula is C12H12Cr2O12. The summed E-state index contributed by atoms with van der Waals surface area (Å²) in [6.07, 6.45) is 3.35. The molecule has 14 heteroatoms. The van der Waals surface area contributed by atoms with Crippen molar-refractivity contribution in [2.45, 2.75) is 0 Å². The van der Waals surface area contributed by atoms with Gasteiger partial charge in [0.1, 0.15) is 0 Å². The first-order valence-electron chi connectivity index (χ1n) is 5.30. The van der Waals surface area contributed by atoms with Crippen LogP contribution in [-0.2, 0) is 63.5 Å². The van der Waals surface area contributed by atoms with Gasteiger partial charge in [0.25, 0.3) is 0 Å². The van der Waals surface area contributed by atoms with Gasteiger partial charge in [0.15, 0.2) is 0 Å². The van der Waals surface area contributed by atoms with E-state index in [1.54, 1.807) is 0 Å². The van der Waals surface area contributed by atoms with Gasteiger partial charge in [0.2, 0.25) is 0 Å².